The van der Waals surface area contributed by atoms with E-state index in [1.807, 2.05) is 26.0 Å². The number of fused-ring (bicyclic) bond motifs is 1. The van der Waals surface area contributed by atoms with Gasteiger partial charge in [-0.15, -0.1) is 0 Å². The van der Waals surface area contributed by atoms with E-state index < -0.39 is 16.1 Å². The van der Waals surface area contributed by atoms with Gasteiger partial charge in [0, 0.05) is 18.0 Å². The van der Waals surface area contributed by atoms with Gasteiger partial charge in [-0.3, -0.25) is 4.72 Å². The highest BCUT2D eigenvalue weighted by molar-refractivity contribution is 7.92. The van der Waals surface area contributed by atoms with Crippen molar-refractivity contribution in [2.45, 2.75) is 19.9 Å². The molecule has 0 bridgehead atoms. The zero-order chi connectivity index (χ0) is 25.3. The van der Waals surface area contributed by atoms with Crippen molar-refractivity contribution in [2.75, 3.05) is 29.1 Å². The normalized spacial score (nSPS) is 12.2. The van der Waals surface area contributed by atoms with Crippen LogP contribution >= 0.6 is 0 Å². The first-order valence-electron chi connectivity index (χ1n) is 10.3. The van der Waals surface area contributed by atoms with Gasteiger partial charge >= 0.3 is 0 Å². The molecule has 13 nitrogen and oxygen atoms in total. The van der Waals surface area contributed by atoms with Crippen LogP contribution in [-0.4, -0.2) is 51.3 Å². The zero-order valence-electron chi connectivity index (χ0n) is 19.3. The predicted molar refractivity (Wildman–Crippen MR) is 129 cm³/mol. The number of ether oxygens (including phenoxy) is 1. The Balaban J connectivity index is 1.83. The smallest absolute Gasteiger partial charge is 0.238 e. The standard InChI is InChI=1S/C21H22N10O3S/c1-11-5-6-31-17(11)16(13-7-15(30-35(4,32)33)21(34-3)24-9-13)28-19(29-31)12(2)27-20-14(8-22)18(23)25-10-26-20/h5-7,9-10,12,30H,1-4H3,(H3,23,25,26,27). The third-order valence-corrected chi connectivity index (χ3v) is 5.66. The quantitative estimate of drug-likeness (QED) is 0.340. The molecule has 0 aliphatic heterocycles. The first-order valence-corrected chi connectivity index (χ1v) is 12.2. The Morgan fingerprint density at radius 2 is 2.06 bits per heavy atom. The van der Waals surface area contributed by atoms with E-state index in [2.05, 4.69) is 30.1 Å². The van der Waals surface area contributed by atoms with E-state index in [0.29, 0.717) is 17.1 Å². The van der Waals surface area contributed by atoms with Gasteiger partial charge < -0.3 is 15.8 Å². The van der Waals surface area contributed by atoms with Crippen molar-refractivity contribution >= 4 is 32.9 Å². The molecule has 0 aromatic carbocycles. The lowest BCUT2D eigenvalue weighted by Gasteiger charge is -2.17. The molecule has 4 heterocycles. The number of pyridine rings is 1. The summed E-state index contributed by atoms with van der Waals surface area (Å²) in [6.07, 6.45) is 5.64. The predicted octanol–water partition coefficient (Wildman–Crippen LogP) is 1.90. The molecular weight excluding hydrogens is 472 g/mol. The average Bonchev–Trinajstić information content (AvgIpc) is 3.18. The highest BCUT2D eigenvalue weighted by Gasteiger charge is 2.20. The molecule has 0 spiro atoms. The van der Waals surface area contributed by atoms with Crippen LogP contribution < -0.4 is 20.5 Å². The second-order valence-electron chi connectivity index (χ2n) is 7.73. The van der Waals surface area contributed by atoms with Crippen molar-refractivity contribution in [3.8, 4) is 23.2 Å². The first kappa shape index (κ1) is 23.6. The summed E-state index contributed by atoms with van der Waals surface area (Å²) >= 11 is 0. The molecule has 14 heteroatoms. The van der Waals surface area contributed by atoms with E-state index in [9.17, 15) is 13.7 Å². The third kappa shape index (κ3) is 4.75. The van der Waals surface area contributed by atoms with Crippen LogP contribution in [0.3, 0.4) is 0 Å². The minimum atomic E-state index is -3.58. The molecule has 0 saturated heterocycles. The van der Waals surface area contributed by atoms with Crippen LogP contribution in [0.25, 0.3) is 16.8 Å². The number of anilines is 3. The van der Waals surface area contributed by atoms with Gasteiger partial charge in [0.1, 0.15) is 41.0 Å². The average molecular weight is 495 g/mol. The van der Waals surface area contributed by atoms with E-state index in [4.69, 9.17) is 15.5 Å². The molecule has 0 amide bonds. The lowest BCUT2D eigenvalue weighted by atomic mass is 10.1. The topological polar surface area (TPSA) is 186 Å². The van der Waals surface area contributed by atoms with E-state index in [1.54, 1.807) is 23.0 Å². The molecule has 0 fully saturated rings. The number of aryl methyl sites for hydroxylation is 1. The van der Waals surface area contributed by atoms with Crippen LogP contribution in [0.5, 0.6) is 5.88 Å². The fourth-order valence-electron chi connectivity index (χ4n) is 3.49. The number of hydrogen-bond acceptors (Lipinski definition) is 11. The van der Waals surface area contributed by atoms with Crippen LogP contribution in [0.4, 0.5) is 17.3 Å². The van der Waals surface area contributed by atoms with Gasteiger partial charge in [-0.25, -0.2) is 32.9 Å². The molecule has 1 unspecified atom stereocenters. The highest BCUT2D eigenvalue weighted by Crippen LogP contribution is 2.32. The van der Waals surface area contributed by atoms with E-state index in [-0.39, 0.29) is 28.8 Å². The van der Waals surface area contributed by atoms with Gasteiger partial charge in [0.15, 0.2) is 5.82 Å². The van der Waals surface area contributed by atoms with Crippen molar-refractivity contribution in [1.29, 1.82) is 5.26 Å². The van der Waals surface area contributed by atoms with Gasteiger partial charge in [0.2, 0.25) is 15.9 Å². The number of nitriles is 1. The molecule has 4 aromatic heterocycles. The fourth-order valence-corrected chi connectivity index (χ4v) is 4.03. The summed E-state index contributed by atoms with van der Waals surface area (Å²) in [6.45, 7) is 3.72. The maximum absolute atomic E-state index is 11.9. The molecule has 180 valence electrons. The number of aromatic nitrogens is 6. The Morgan fingerprint density at radius 1 is 1.29 bits per heavy atom. The Morgan fingerprint density at radius 3 is 2.74 bits per heavy atom. The summed E-state index contributed by atoms with van der Waals surface area (Å²) in [5.41, 5.74) is 8.80. The molecule has 0 saturated carbocycles. The van der Waals surface area contributed by atoms with Crippen molar-refractivity contribution in [1.82, 2.24) is 29.5 Å². The van der Waals surface area contributed by atoms with E-state index in [0.717, 1.165) is 17.3 Å². The molecule has 0 radical (unpaired) electrons. The second kappa shape index (κ2) is 9.03. The molecule has 4 aromatic rings. The Hall–Kier alpha value is -4.51. The Labute approximate surface area is 201 Å². The lowest BCUT2D eigenvalue weighted by Crippen LogP contribution is -2.16. The molecule has 4 rings (SSSR count). The number of nitrogens with two attached hydrogens (primary N) is 1. The summed E-state index contributed by atoms with van der Waals surface area (Å²) in [5.74, 6) is 0.826. The molecule has 4 N–H and O–H groups in total. The first-order chi connectivity index (χ1) is 16.6. The monoisotopic (exact) mass is 494 g/mol. The summed E-state index contributed by atoms with van der Waals surface area (Å²) in [4.78, 5) is 17.0. The van der Waals surface area contributed by atoms with Crippen LogP contribution in [0.1, 0.15) is 29.9 Å². The van der Waals surface area contributed by atoms with Crippen LogP contribution in [0.2, 0.25) is 0 Å². The fraction of sp³-hybridized carbons (Fsp3) is 0.238. The van der Waals surface area contributed by atoms with Gasteiger partial charge in [-0.1, -0.05) is 0 Å². The Kier molecular flexibility index (Phi) is 6.10. The van der Waals surface area contributed by atoms with E-state index in [1.165, 1.54) is 13.4 Å². The van der Waals surface area contributed by atoms with Gasteiger partial charge in [-0.05, 0) is 31.5 Å². The Bertz CT molecular complexity index is 1580. The number of sulfonamides is 1. The van der Waals surface area contributed by atoms with Gasteiger partial charge in [-0.2, -0.15) is 10.4 Å². The van der Waals surface area contributed by atoms with Crippen molar-refractivity contribution in [3.05, 3.63) is 47.8 Å². The SMILES string of the molecule is COc1ncc(-c2nc(C(C)Nc3ncnc(N)c3C#N)nn3ccc(C)c23)cc1NS(C)(=O)=O. The maximum atomic E-state index is 11.9. The highest BCUT2D eigenvalue weighted by atomic mass is 32.2. The summed E-state index contributed by atoms with van der Waals surface area (Å²) in [6, 6.07) is 5.00. The maximum Gasteiger partial charge on any atom is 0.238 e. The molecular formula is C21H22N10O3S. The minimum Gasteiger partial charge on any atom is -0.480 e. The molecule has 0 aliphatic rings. The van der Waals surface area contributed by atoms with Gasteiger partial charge in [0.05, 0.1) is 24.9 Å². The lowest BCUT2D eigenvalue weighted by molar-refractivity contribution is 0.400. The van der Waals surface area contributed by atoms with Crippen LogP contribution in [0, 0.1) is 18.3 Å². The van der Waals surface area contributed by atoms with E-state index >= 15 is 0 Å². The number of hydrogen-bond donors (Lipinski definition) is 3. The van der Waals surface area contributed by atoms with Gasteiger partial charge in [0.25, 0.3) is 0 Å². The number of methoxy groups -OCH3 is 1. The molecule has 1 atom stereocenters. The zero-order valence-corrected chi connectivity index (χ0v) is 20.1. The van der Waals surface area contributed by atoms with Crippen LogP contribution in [-0.2, 0) is 10.0 Å². The van der Waals surface area contributed by atoms with Crippen molar-refractivity contribution < 1.29 is 13.2 Å². The second-order valence-corrected chi connectivity index (χ2v) is 9.47. The van der Waals surface area contributed by atoms with Crippen molar-refractivity contribution in [3.63, 3.8) is 0 Å². The number of nitrogens with zero attached hydrogens (tertiary/aromatic N) is 7. The largest absolute Gasteiger partial charge is 0.480 e. The third-order valence-electron chi connectivity index (χ3n) is 5.07. The van der Waals surface area contributed by atoms with Crippen LogP contribution in [0.15, 0.2) is 30.9 Å². The summed E-state index contributed by atoms with van der Waals surface area (Å²) in [5, 5.41) is 17.1. The number of nitrogens with one attached hydrogen (secondary N) is 2. The summed E-state index contributed by atoms with van der Waals surface area (Å²) < 4.78 is 33.0. The number of rotatable bonds is 7. The minimum absolute atomic E-state index is 0.0607. The molecule has 35 heavy (non-hydrogen) atoms. The number of nitrogen functional groups attached to an aromatic ring is 1. The summed E-state index contributed by atoms with van der Waals surface area (Å²) in [7, 11) is -2.18. The van der Waals surface area contributed by atoms with Crippen molar-refractivity contribution in [2.24, 2.45) is 0 Å². The molecule has 0 aliphatic carbocycles.